The van der Waals surface area contributed by atoms with Gasteiger partial charge < -0.3 is 15.1 Å². The monoisotopic (exact) mass is 382 g/mol. The fraction of sp³-hybridized carbons (Fsp3) is 0.444. The van der Waals surface area contributed by atoms with Crippen LogP contribution in [0.15, 0.2) is 33.8 Å². The topological polar surface area (TPSA) is 62.5 Å². The first-order valence-corrected chi connectivity index (χ1v) is 8.89. The Morgan fingerprint density at radius 2 is 1.88 bits per heavy atom. The van der Waals surface area contributed by atoms with Crippen LogP contribution in [0.25, 0.3) is 0 Å². The lowest BCUT2D eigenvalue weighted by Crippen LogP contribution is -2.38. The predicted octanol–water partition coefficient (Wildman–Crippen LogP) is 4.19. The molecule has 2 rings (SSSR count). The van der Waals surface area contributed by atoms with E-state index in [9.17, 15) is 0 Å². The van der Waals surface area contributed by atoms with Gasteiger partial charge in [-0.1, -0.05) is 50.0 Å². The molecule has 0 saturated carbocycles. The molecule has 2 N–H and O–H groups in total. The Balaban J connectivity index is 1.84. The van der Waals surface area contributed by atoms with Gasteiger partial charge in [-0.15, -0.1) is 0 Å². The quantitative estimate of drug-likeness (QED) is 0.601. The zero-order chi connectivity index (χ0) is 18.4. The fourth-order valence-corrected chi connectivity index (χ4v) is 2.78. The highest BCUT2D eigenvalue weighted by Crippen LogP contribution is 2.24. The molecule has 0 aliphatic rings. The van der Waals surface area contributed by atoms with Crippen molar-refractivity contribution in [3.63, 3.8) is 0 Å². The van der Waals surface area contributed by atoms with Crippen molar-refractivity contribution in [3.8, 4) is 0 Å². The summed E-state index contributed by atoms with van der Waals surface area (Å²) in [5.74, 6) is 2.15. The average molecular weight is 383 g/mol. The minimum atomic E-state index is -0.0562. The summed E-state index contributed by atoms with van der Waals surface area (Å²) in [7, 11) is 1.72. The van der Waals surface area contributed by atoms with Crippen molar-refractivity contribution in [1.29, 1.82) is 0 Å². The molecule has 0 bridgehead atoms. The molecule has 0 fully saturated rings. The van der Waals surface area contributed by atoms with Crippen LogP contribution in [0, 0.1) is 0 Å². The van der Waals surface area contributed by atoms with Crippen LogP contribution in [-0.4, -0.2) is 24.5 Å². The third-order valence-corrected chi connectivity index (χ3v) is 4.36. The van der Waals surface area contributed by atoms with E-state index in [0.29, 0.717) is 41.4 Å². The van der Waals surface area contributed by atoms with Gasteiger partial charge in [-0.2, -0.15) is 0 Å². The van der Waals surface area contributed by atoms with Crippen LogP contribution < -0.4 is 10.6 Å². The van der Waals surface area contributed by atoms with E-state index in [1.165, 1.54) is 0 Å². The zero-order valence-electron chi connectivity index (χ0n) is 15.0. The molecule has 0 aliphatic carbocycles. The number of benzene rings is 1. The van der Waals surface area contributed by atoms with E-state index in [4.69, 9.17) is 27.6 Å². The molecule has 0 radical (unpaired) electrons. The van der Waals surface area contributed by atoms with E-state index in [-0.39, 0.29) is 5.41 Å². The highest BCUT2D eigenvalue weighted by molar-refractivity contribution is 6.35. The standard InChI is InChI=1S/C18H24Cl2N4O/c1-18(2,3)15-10-23-16(25-15)11-24-17(21-4)22-9-8-12-13(19)6-5-7-14(12)20/h5-7,10H,8-9,11H2,1-4H3,(H2,21,22,24). The Hall–Kier alpha value is -1.72. The number of aromatic nitrogens is 1. The first-order chi connectivity index (χ1) is 11.8. The molecular formula is C18H24Cl2N4O. The third kappa shape index (κ3) is 5.65. The SMILES string of the molecule is CN=C(NCCc1c(Cl)cccc1Cl)NCc1ncc(C(C)(C)C)o1. The van der Waals surface area contributed by atoms with Crippen molar-refractivity contribution in [3.05, 3.63) is 51.7 Å². The number of guanidine groups is 1. The molecule has 7 heteroatoms. The van der Waals surface area contributed by atoms with Gasteiger partial charge in [-0.05, 0) is 24.1 Å². The van der Waals surface area contributed by atoms with Gasteiger partial charge in [0.05, 0.1) is 12.7 Å². The smallest absolute Gasteiger partial charge is 0.213 e. The van der Waals surface area contributed by atoms with Crippen LogP contribution in [0.2, 0.25) is 10.0 Å². The number of aliphatic imine (C=N–C) groups is 1. The molecular weight excluding hydrogens is 359 g/mol. The lowest BCUT2D eigenvalue weighted by atomic mass is 9.94. The Kier molecular flexibility index (Phi) is 6.73. The highest BCUT2D eigenvalue weighted by Gasteiger charge is 2.19. The molecule has 1 aromatic heterocycles. The van der Waals surface area contributed by atoms with Crippen molar-refractivity contribution in [1.82, 2.24) is 15.6 Å². The van der Waals surface area contributed by atoms with Crippen LogP contribution in [0.4, 0.5) is 0 Å². The minimum absolute atomic E-state index is 0.0562. The highest BCUT2D eigenvalue weighted by atomic mass is 35.5. The summed E-state index contributed by atoms with van der Waals surface area (Å²) in [6.07, 6.45) is 2.47. The molecule has 0 amide bonds. The normalized spacial score (nSPS) is 12.3. The van der Waals surface area contributed by atoms with Gasteiger partial charge in [0.1, 0.15) is 5.76 Å². The first kappa shape index (κ1) is 19.6. The average Bonchev–Trinajstić information content (AvgIpc) is 3.02. The molecule has 1 heterocycles. The summed E-state index contributed by atoms with van der Waals surface area (Å²) in [6.45, 7) is 7.38. The molecule has 0 unspecified atom stereocenters. The van der Waals surface area contributed by atoms with Crippen molar-refractivity contribution >= 4 is 29.2 Å². The summed E-state index contributed by atoms with van der Waals surface area (Å²) in [4.78, 5) is 8.49. The van der Waals surface area contributed by atoms with E-state index in [0.717, 1.165) is 11.3 Å². The van der Waals surface area contributed by atoms with Crippen molar-refractivity contribution in [2.45, 2.75) is 39.2 Å². The van der Waals surface area contributed by atoms with Crippen molar-refractivity contribution in [2.75, 3.05) is 13.6 Å². The summed E-state index contributed by atoms with van der Waals surface area (Å²) < 4.78 is 5.76. The second-order valence-corrected chi connectivity index (χ2v) is 7.49. The summed E-state index contributed by atoms with van der Waals surface area (Å²) in [6, 6.07) is 5.51. The molecule has 0 aliphatic heterocycles. The molecule has 2 aromatic rings. The van der Waals surface area contributed by atoms with Crippen LogP contribution >= 0.6 is 23.2 Å². The Morgan fingerprint density at radius 3 is 2.44 bits per heavy atom. The third-order valence-electron chi connectivity index (χ3n) is 3.65. The molecule has 1 aromatic carbocycles. The van der Waals surface area contributed by atoms with Crippen molar-refractivity contribution in [2.24, 2.45) is 4.99 Å². The Labute approximate surface area is 158 Å². The number of nitrogens with one attached hydrogen (secondary N) is 2. The van der Waals surface area contributed by atoms with Gasteiger partial charge in [0.2, 0.25) is 5.89 Å². The maximum Gasteiger partial charge on any atom is 0.213 e. The fourth-order valence-electron chi connectivity index (χ4n) is 2.20. The van der Waals surface area contributed by atoms with E-state index in [1.54, 1.807) is 13.2 Å². The number of oxazole rings is 1. The Bertz CT molecular complexity index is 715. The summed E-state index contributed by atoms with van der Waals surface area (Å²) in [5.41, 5.74) is 0.871. The minimum Gasteiger partial charge on any atom is -0.443 e. The van der Waals surface area contributed by atoms with Crippen molar-refractivity contribution < 1.29 is 4.42 Å². The van der Waals surface area contributed by atoms with E-state index in [2.05, 4.69) is 41.4 Å². The molecule has 136 valence electrons. The number of halogens is 2. The molecule has 25 heavy (non-hydrogen) atoms. The van der Waals surface area contributed by atoms with Gasteiger partial charge in [-0.25, -0.2) is 4.98 Å². The van der Waals surface area contributed by atoms with Crippen LogP contribution in [0.1, 0.15) is 38.0 Å². The first-order valence-electron chi connectivity index (χ1n) is 8.14. The Morgan fingerprint density at radius 1 is 1.20 bits per heavy atom. The van der Waals surface area contributed by atoms with Crippen LogP contribution in [0.5, 0.6) is 0 Å². The maximum atomic E-state index is 6.18. The second-order valence-electron chi connectivity index (χ2n) is 6.67. The second kappa shape index (κ2) is 8.59. The van der Waals surface area contributed by atoms with Gasteiger partial charge in [0.25, 0.3) is 0 Å². The molecule has 0 saturated heterocycles. The van der Waals surface area contributed by atoms with E-state index in [1.807, 2.05) is 18.2 Å². The van der Waals surface area contributed by atoms with Crippen LogP contribution in [-0.2, 0) is 18.4 Å². The van der Waals surface area contributed by atoms with Gasteiger partial charge in [0.15, 0.2) is 5.96 Å². The lowest BCUT2D eigenvalue weighted by Gasteiger charge is -2.13. The lowest BCUT2D eigenvalue weighted by molar-refractivity contribution is 0.379. The van der Waals surface area contributed by atoms with Gasteiger partial charge in [-0.3, -0.25) is 4.99 Å². The number of nitrogens with zero attached hydrogens (tertiary/aromatic N) is 2. The zero-order valence-corrected chi connectivity index (χ0v) is 16.5. The largest absolute Gasteiger partial charge is 0.443 e. The predicted molar refractivity (Wildman–Crippen MR) is 104 cm³/mol. The van der Waals surface area contributed by atoms with E-state index < -0.39 is 0 Å². The summed E-state index contributed by atoms with van der Waals surface area (Å²) in [5, 5.41) is 7.76. The molecule has 0 spiro atoms. The maximum absolute atomic E-state index is 6.18. The summed E-state index contributed by atoms with van der Waals surface area (Å²) >= 11 is 12.4. The number of hydrogen-bond acceptors (Lipinski definition) is 3. The number of rotatable bonds is 5. The van der Waals surface area contributed by atoms with E-state index >= 15 is 0 Å². The number of hydrogen-bond donors (Lipinski definition) is 2. The van der Waals surface area contributed by atoms with Gasteiger partial charge in [0, 0.05) is 29.1 Å². The molecule has 0 atom stereocenters. The molecule has 5 nitrogen and oxygen atoms in total. The van der Waals surface area contributed by atoms with Crippen LogP contribution in [0.3, 0.4) is 0 Å². The van der Waals surface area contributed by atoms with Gasteiger partial charge >= 0.3 is 0 Å².